The summed E-state index contributed by atoms with van der Waals surface area (Å²) < 4.78 is 22.7. The summed E-state index contributed by atoms with van der Waals surface area (Å²) in [5.41, 5.74) is 1.25. The number of hydrogen-bond acceptors (Lipinski definition) is 7. The van der Waals surface area contributed by atoms with Crippen LogP contribution >= 0.6 is 11.3 Å². The second-order valence-corrected chi connectivity index (χ2v) is 9.25. The van der Waals surface area contributed by atoms with Crippen LogP contribution in [0.2, 0.25) is 0 Å². The average molecular weight is 511 g/mol. The third-order valence-electron chi connectivity index (χ3n) is 5.98. The number of esters is 2. The van der Waals surface area contributed by atoms with Crippen molar-refractivity contribution < 1.29 is 23.5 Å². The van der Waals surface area contributed by atoms with Crippen LogP contribution in [-0.4, -0.2) is 30.1 Å². The highest BCUT2D eigenvalue weighted by Crippen LogP contribution is 2.48. The van der Waals surface area contributed by atoms with E-state index in [9.17, 15) is 14.0 Å². The number of hydrogen-bond donors (Lipinski definition) is 1. The highest BCUT2D eigenvalue weighted by atomic mass is 32.1. The second-order valence-electron chi connectivity index (χ2n) is 8.33. The summed E-state index contributed by atoms with van der Waals surface area (Å²) in [4.78, 5) is 30.6. The molecular formula is C28H31FN2O4S. The van der Waals surface area contributed by atoms with Gasteiger partial charge in [0.2, 0.25) is 0 Å². The lowest BCUT2D eigenvalue weighted by Crippen LogP contribution is -2.55. The first kappa shape index (κ1) is 27.1. The Balaban J connectivity index is 0.000000444. The fourth-order valence-electron chi connectivity index (χ4n) is 4.47. The molecule has 0 fully saturated rings. The number of rotatable bonds is 6. The van der Waals surface area contributed by atoms with Crippen molar-refractivity contribution >= 4 is 23.3 Å². The number of ether oxygens (including phenoxy) is 2. The first-order chi connectivity index (χ1) is 17.3. The van der Waals surface area contributed by atoms with Gasteiger partial charge in [-0.1, -0.05) is 48.5 Å². The monoisotopic (exact) mass is 510 g/mol. The van der Waals surface area contributed by atoms with Crippen LogP contribution in [0.15, 0.2) is 83.5 Å². The molecule has 1 aromatic heterocycles. The largest absolute Gasteiger partial charge is 0.466 e. The van der Waals surface area contributed by atoms with Gasteiger partial charge in [-0.15, -0.1) is 11.3 Å². The van der Waals surface area contributed by atoms with E-state index in [0.717, 1.165) is 5.56 Å². The van der Waals surface area contributed by atoms with E-state index >= 15 is 0 Å². The maximum absolute atomic E-state index is 13.3. The SMILES string of the molecule is CCOC(=O)C1=C(C)NC(C)(c2ccccc2)C(C(=O)OCC)C1c1nccs1.Fc1ccccc1. The van der Waals surface area contributed by atoms with Crippen LogP contribution in [-0.2, 0) is 24.6 Å². The summed E-state index contributed by atoms with van der Waals surface area (Å²) in [6.45, 7) is 7.85. The Morgan fingerprint density at radius 1 is 1.03 bits per heavy atom. The van der Waals surface area contributed by atoms with Gasteiger partial charge in [0.1, 0.15) is 10.8 Å². The van der Waals surface area contributed by atoms with Gasteiger partial charge in [0.25, 0.3) is 0 Å². The summed E-state index contributed by atoms with van der Waals surface area (Å²) in [6, 6.07) is 17.7. The minimum absolute atomic E-state index is 0.178. The van der Waals surface area contributed by atoms with Gasteiger partial charge >= 0.3 is 11.9 Å². The van der Waals surface area contributed by atoms with Gasteiger partial charge in [0.05, 0.1) is 36.2 Å². The maximum atomic E-state index is 13.3. The minimum atomic E-state index is -0.788. The second kappa shape index (κ2) is 12.4. The number of thiazole rings is 1. The van der Waals surface area contributed by atoms with Crippen molar-refractivity contribution in [2.24, 2.45) is 5.92 Å². The number of benzene rings is 2. The summed E-state index contributed by atoms with van der Waals surface area (Å²) in [7, 11) is 0. The zero-order chi connectivity index (χ0) is 26.1. The van der Waals surface area contributed by atoms with E-state index in [-0.39, 0.29) is 25.0 Å². The van der Waals surface area contributed by atoms with Crippen LogP contribution in [0, 0.1) is 11.7 Å². The molecule has 3 atom stereocenters. The van der Waals surface area contributed by atoms with Crippen LogP contribution in [0.1, 0.15) is 44.2 Å². The number of carbonyl (C=O) groups excluding carboxylic acids is 2. The lowest BCUT2D eigenvalue weighted by atomic mass is 9.67. The van der Waals surface area contributed by atoms with E-state index < -0.39 is 23.3 Å². The molecule has 1 N–H and O–H groups in total. The number of halogens is 1. The zero-order valence-electron chi connectivity index (χ0n) is 20.9. The molecule has 3 aromatic rings. The lowest BCUT2D eigenvalue weighted by Gasteiger charge is -2.46. The van der Waals surface area contributed by atoms with E-state index in [1.807, 2.05) is 49.6 Å². The molecule has 2 aromatic carbocycles. The van der Waals surface area contributed by atoms with Crippen molar-refractivity contribution in [3.05, 3.63) is 99.9 Å². The molecule has 36 heavy (non-hydrogen) atoms. The molecule has 8 heteroatoms. The van der Waals surface area contributed by atoms with Crippen molar-refractivity contribution in [2.45, 2.75) is 39.2 Å². The van der Waals surface area contributed by atoms with E-state index in [2.05, 4.69) is 10.3 Å². The molecule has 1 aliphatic heterocycles. The molecule has 2 heterocycles. The number of nitrogens with one attached hydrogen (secondary N) is 1. The number of aromatic nitrogens is 1. The van der Waals surface area contributed by atoms with Crippen LogP contribution in [0.5, 0.6) is 0 Å². The lowest BCUT2D eigenvalue weighted by molar-refractivity contribution is -0.152. The van der Waals surface area contributed by atoms with E-state index in [4.69, 9.17) is 9.47 Å². The topological polar surface area (TPSA) is 77.5 Å². The predicted octanol–water partition coefficient (Wildman–Crippen LogP) is 5.59. The van der Waals surface area contributed by atoms with Crippen molar-refractivity contribution in [3.8, 4) is 0 Å². The van der Waals surface area contributed by atoms with Crippen molar-refractivity contribution in [1.29, 1.82) is 0 Å². The quantitative estimate of drug-likeness (QED) is 0.436. The fraction of sp³-hybridized carbons (Fsp3) is 0.321. The third kappa shape index (κ3) is 5.99. The zero-order valence-corrected chi connectivity index (χ0v) is 21.7. The molecule has 0 saturated carbocycles. The summed E-state index contributed by atoms with van der Waals surface area (Å²) >= 11 is 1.42. The predicted molar refractivity (Wildman–Crippen MR) is 138 cm³/mol. The molecule has 0 bridgehead atoms. The molecule has 190 valence electrons. The van der Waals surface area contributed by atoms with Gasteiger partial charge in [0, 0.05) is 17.3 Å². The molecular weight excluding hydrogens is 479 g/mol. The summed E-state index contributed by atoms with van der Waals surface area (Å²) in [6.07, 6.45) is 1.68. The molecule has 0 aliphatic carbocycles. The molecule has 0 saturated heterocycles. The van der Waals surface area contributed by atoms with E-state index in [1.54, 1.807) is 38.2 Å². The minimum Gasteiger partial charge on any atom is -0.466 e. The first-order valence-electron chi connectivity index (χ1n) is 11.8. The van der Waals surface area contributed by atoms with Gasteiger partial charge in [-0.2, -0.15) is 0 Å². The van der Waals surface area contributed by atoms with Gasteiger partial charge in [-0.05, 0) is 45.4 Å². The molecule has 0 radical (unpaired) electrons. The Morgan fingerprint density at radius 2 is 1.64 bits per heavy atom. The van der Waals surface area contributed by atoms with Crippen molar-refractivity contribution in [3.63, 3.8) is 0 Å². The molecule has 4 rings (SSSR count). The van der Waals surface area contributed by atoms with E-state index in [0.29, 0.717) is 16.3 Å². The number of nitrogens with zero attached hydrogens (tertiary/aromatic N) is 1. The molecule has 3 unspecified atom stereocenters. The normalized spacial score (nSPS) is 21.0. The van der Waals surface area contributed by atoms with Gasteiger partial charge in [-0.25, -0.2) is 14.2 Å². The average Bonchev–Trinajstić information content (AvgIpc) is 3.40. The van der Waals surface area contributed by atoms with Crippen LogP contribution < -0.4 is 5.32 Å². The number of carbonyl (C=O) groups is 2. The Labute approximate surface area is 215 Å². The highest BCUT2D eigenvalue weighted by Gasteiger charge is 2.53. The Hall–Kier alpha value is -3.52. The maximum Gasteiger partial charge on any atom is 0.336 e. The fourth-order valence-corrected chi connectivity index (χ4v) is 5.25. The molecule has 0 spiro atoms. The Bertz CT molecular complexity index is 1170. The van der Waals surface area contributed by atoms with Gasteiger partial charge in [-0.3, -0.25) is 4.79 Å². The standard InChI is InChI=1S/C22H26N2O4S.C6H5F/c1-5-27-20(25)16-14(3)24-22(4,15-10-8-7-9-11-15)18(21(26)28-6-2)17(16)19-23-12-13-29-19;7-6-4-2-1-3-5-6/h7-13,17-18,24H,5-6H2,1-4H3;1-5H. The Morgan fingerprint density at radius 3 is 2.14 bits per heavy atom. The highest BCUT2D eigenvalue weighted by molar-refractivity contribution is 7.09. The van der Waals surface area contributed by atoms with Crippen molar-refractivity contribution in [2.75, 3.05) is 13.2 Å². The number of allylic oxidation sites excluding steroid dienone is 1. The smallest absolute Gasteiger partial charge is 0.336 e. The third-order valence-corrected chi connectivity index (χ3v) is 6.84. The summed E-state index contributed by atoms with van der Waals surface area (Å²) in [5, 5.41) is 5.97. The van der Waals surface area contributed by atoms with Gasteiger partial charge in [0.15, 0.2) is 0 Å². The van der Waals surface area contributed by atoms with Crippen LogP contribution in [0.4, 0.5) is 4.39 Å². The molecule has 6 nitrogen and oxygen atoms in total. The molecule has 1 aliphatic rings. The Kier molecular flexibility index (Phi) is 9.36. The summed E-state index contributed by atoms with van der Waals surface area (Å²) in [5.74, 6) is -2.26. The van der Waals surface area contributed by atoms with E-state index in [1.165, 1.54) is 23.5 Å². The first-order valence-corrected chi connectivity index (χ1v) is 12.7. The molecule has 0 amide bonds. The van der Waals surface area contributed by atoms with Crippen LogP contribution in [0.3, 0.4) is 0 Å². The van der Waals surface area contributed by atoms with Crippen molar-refractivity contribution in [1.82, 2.24) is 10.3 Å². The van der Waals surface area contributed by atoms with Crippen LogP contribution in [0.25, 0.3) is 0 Å². The van der Waals surface area contributed by atoms with Gasteiger partial charge < -0.3 is 14.8 Å².